The fourth-order valence-electron chi connectivity index (χ4n) is 4.41. The fourth-order valence-corrected chi connectivity index (χ4v) is 4.41. The predicted molar refractivity (Wildman–Crippen MR) is 75.6 cm³/mol. The number of rotatable bonds is 2. The monoisotopic (exact) mass is 255 g/mol. The summed E-state index contributed by atoms with van der Waals surface area (Å²) in [6.45, 7) is 7.10. The summed E-state index contributed by atoms with van der Waals surface area (Å²) in [5.41, 5.74) is 1.26. The second-order valence-corrected chi connectivity index (χ2v) is 7.00. The Morgan fingerprint density at radius 2 is 2.21 bits per heavy atom. The maximum Gasteiger partial charge on any atom is 0.144 e. The molecule has 2 aliphatic carbocycles. The SMILES string of the molecule is CC12CCC(C1)C(C)(C)C2Nc1ncccc1C#N. The smallest absolute Gasteiger partial charge is 0.144 e. The van der Waals surface area contributed by atoms with E-state index in [-0.39, 0.29) is 5.41 Å². The molecule has 2 fully saturated rings. The molecule has 2 aliphatic rings. The number of nitrogens with zero attached hydrogens (tertiary/aromatic N) is 2. The van der Waals surface area contributed by atoms with E-state index < -0.39 is 0 Å². The van der Waals surface area contributed by atoms with Gasteiger partial charge >= 0.3 is 0 Å². The zero-order valence-corrected chi connectivity index (χ0v) is 11.9. The third-order valence-corrected chi connectivity index (χ3v) is 5.48. The zero-order valence-electron chi connectivity index (χ0n) is 11.9. The highest BCUT2D eigenvalue weighted by Crippen LogP contribution is 2.63. The van der Waals surface area contributed by atoms with Crippen LogP contribution in [0.25, 0.3) is 0 Å². The molecule has 1 N–H and O–H groups in total. The minimum atomic E-state index is 0.275. The highest BCUT2D eigenvalue weighted by molar-refractivity contribution is 5.52. The van der Waals surface area contributed by atoms with Crippen LogP contribution >= 0.6 is 0 Å². The molecule has 1 aromatic heterocycles. The number of hydrogen-bond acceptors (Lipinski definition) is 3. The lowest BCUT2D eigenvalue weighted by Gasteiger charge is -2.43. The molecule has 2 saturated carbocycles. The summed E-state index contributed by atoms with van der Waals surface area (Å²) in [5.74, 6) is 1.54. The second kappa shape index (κ2) is 3.96. The molecular formula is C16H21N3. The van der Waals surface area contributed by atoms with Gasteiger partial charge in [0.05, 0.1) is 5.56 Å². The van der Waals surface area contributed by atoms with Crippen molar-refractivity contribution < 1.29 is 0 Å². The van der Waals surface area contributed by atoms with Crippen LogP contribution in [0.3, 0.4) is 0 Å². The first kappa shape index (κ1) is 12.5. The van der Waals surface area contributed by atoms with Crippen LogP contribution < -0.4 is 5.32 Å². The van der Waals surface area contributed by atoms with Gasteiger partial charge in [-0.1, -0.05) is 20.8 Å². The average molecular weight is 255 g/mol. The number of fused-ring (bicyclic) bond motifs is 2. The first-order valence-corrected chi connectivity index (χ1v) is 7.09. The number of pyridine rings is 1. The molecule has 1 heterocycles. The van der Waals surface area contributed by atoms with E-state index in [0.717, 1.165) is 11.7 Å². The van der Waals surface area contributed by atoms with Gasteiger partial charge in [0.15, 0.2) is 0 Å². The van der Waals surface area contributed by atoms with Gasteiger partial charge in [-0.05, 0) is 48.1 Å². The summed E-state index contributed by atoms with van der Waals surface area (Å²) in [5, 5.41) is 12.8. The van der Waals surface area contributed by atoms with Gasteiger partial charge in [-0.15, -0.1) is 0 Å². The van der Waals surface area contributed by atoms with Gasteiger partial charge in [0.2, 0.25) is 0 Å². The normalized spacial score (nSPS) is 35.1. The number of nitrogens with one attached hydrogen (secondary N) is 1. The van der Waals surface area contributed by atoms with E-state index in [4.69, 9.17) is 0 Å². The lowest BCUT2D eigenvalue weighted by Crippen LogP contribution is -2.46. The van der Waals surface area contributed by atoms with Crippen LogP contribution in [0.1, 0.15) is 45.6 Å². The van der Waals surface area contributed by atoms with Crippen LogP contribution in [-0.4, -0.2) is 11.0 Å². The van der Waals surface area contributed by atoms with E-state index in [1.54, 1.807) is 6.20 Å². The number of aromatic nitrogens is 1. The first-order valence-electron chi connectivity index (χ1n) is 7.09. The molecule has 3 nitrogen and oxygen atoms in total. The van der Waals surface area contributed by atoms with Crippen LogP contribution in [0.2, 0.25) is 0 Å². The maximum atomic E-state index is 9.19. The van der Waals surface area contributed by atoms with Crippen molar-refractivity contribution in [3.8, 4) is 6.07 Å². The summed E-state index contributed by atoms with van der Waals surface area (Å²) < 4.78 is 0. The topological polar surface area (TPSA) is 48.7 Å². The molecule has 3 unspecified atom stereocenters. The van der Waals surface area contributed by atoms with Crippen molar-refractivity contribution in [2.75, 3.05) is 5.32 Å². The summed E-state index contributed by atoms with van der Waals surface area (Å²) in [6, 6.07) is 6.28. The summed E-state index contributed by atoms with van der Waals surface area (Å²) in [7, 11) is 0. The van der Waals surface area contributed by atoms with Gasteiger partial charge in [-0.25, -0.2) is 4.98 Å². The summed E-state index contributed by atoms with van der Waals surface area (Å²) in [6.07, 6.45) is 5.68. The van der Waals surface area contributed by atoms with Crippen molar-refractivity contribution in [3.63, 3.8) is 0 Å². The van der Waals surface area contributed by atoms with Crippen molar-refractivity contribution in [2.24, 2.45) is 16.7 Å². The molecule has 3 rings (SSSR count). The molecule has 0 amide bonds. The van der Waals surface area contributed by atoms with Crippen LogP contribution in [0.4, 0.5) is 5.82 Å². The van der Waals surface area contributed by atoms with E-state index in [1.807, 2.05) is 12.1 Å². The Bertz CT molecular complexity index is 538. The molecule has 2 bridgehead atoms. The molecule has 3 heteroatoms. The largest absolute Gasteiger partial charge is 0.365 e. The molecule has 0 saturated heterocycles. The molecule has 0 aliphatic heterocycles. The van der Waals surface area contributed by atoms with E-state index in [1.165, 1.54) is 19.3 Å². The summed E-state index contributed by atoms with van der Waals surface area (Å²) >= 11 is 0. The van der Waals surface area contributed by atoms with E-state index in [2.05, 4.69) is 37.1 Å². The van der Waals surface area contributed by atoms with Crippen molar-refractivity contribution in [1.82, 2.24) is 4.98 Å². The molecule has 1 aromatic rings. The number of nitriles is 1. The Morgan fingerprint density at radius 1 is 1.42 bits per heavy atom. The molecule has 3 atom stereocenters. The van der Waals surface area contributed by atoms with E-state index in [0.29, 0.717) is 17.0 Å². The van der Waals surface area contributed by atoms with Gasteiger partial charge in [0, 0.05) is 12.2 Å². The van der Waals surface area contributed by atoms with Crippen LogP contribution in [0.5, 0.6) is 0 Å². The van der Waals surface area contributed by atoms with Crippen molar-refractivity contribution in [3.05, 3.63) is 23.9 Å². The highest BCUT2D eigenvalue weighted by atomic mass is 15.1. The third-order valence-electron chi connectivity index (χ3n) is 5.48. The Balaban J connectivity index is 1.93. The predicted octanol–water partition coefficient (Wildman–Crippen LogP) is 3.58. The van der Waals surface area contributed by atoms with Gasteiger partial charge in [-0.3, -0.25) is 0 Å². The van der Waals surface area contributed by atoms with Gasteiger partial charge in [-0.2, -0.15) is 5.26 Å². The number of hydrogen-bond donors (Lipinski definition) is 1. The Labute approximate surface area is 115 Å². The van der Waals surface area contributed by atoms with Gasteiger partial charge < -0.3 is 5.32 Å². The maximum absolute atomic E-state index is 9.19. The Hall–Kier alpha value is -1.56. The molecule has 0 radical (unpaired) electrons. The van der Waals surface area contributed by atoms with E-state index in [9.17, 15) is 5.26 Å². The lowest BCUT2D eigenvalue weighted by molar-refractivity contribution is 0.155. The zero-order chi connectivity index (χ0) is 13.7. The quantitative estimate of drug-likeness (QED) is 0.878. The van der Waals surface area contributed by atoms with Gasteiger partial charge in [0.1, 0.15) is 11.9 Å². The standard InChI is InChI=1S/C16H21N3/c1-15(2)12-6-7-16(3,9-12)14(15)19-13-11(10-17)5-4-8-18-13/h4-5,8,12,14H,6-7,9H2,1-3H3,(H,18,19). The van der Waals surface area contributed by atoms with Crippen LogP contribution in [0.15, 0.2) is 18.3 Å². The number of anilines is 1. The first-order chi connectivity index (χ1) is 8.97. The minimum absolute atomic E-state index is 0.275. The lowest BCUT2D eigenvalue weighted by atomic mass is 9.68. The molecular weight excluding hydrogens is 234 g/mol. The fraction of sp³-hybridized carbons (Fsp3) is 0.625. The Morgan fingerprint density at radius 3 is 2.84 bits per heavy atom. The molecule has 19 heavy (non-hydrogen) atoms. The molecule has 0 spiro atoms. The van der Waals surface area contributed by atoms with Crippen LogP contribution in [0, 0.1) is 28.1 Å². The van der Waals surface area contributed by atoms with Gasteiger partial charge in [0.25, 0.3) is 0 Å². The molecule has 100 valence electrons. The van der Waals surface area contributed by atoms with Crippen molar-refractivity contribution >= 4 is 5.82 Å². The second-order valence-electron chi connectivity index (χ2n) is 7.00. The highest BCUT2D eigenvalue weighted by Gasteiger charge is 2.59. The Kier molecular flexibility index (Phi) is 2.60. The third kappa shape index (κ3) is 1.74. The van der Waals surface area contributed by atoms with E-state index >= 15 is 0 Å². The van der Waals surface area contributed by atoms with Crippen LogP contribution in [-0.2, 0) is 0 Å². The average Bonchev–Trinajstić information content (AvgIpc) is 2.86. The summed E-state index contributed by atoms with van der Waals surface area (Å²) in [4.78, 5) is 4.36. The minimum Gasteiger partial charge on any atom is -0.365 e. The van der Waals surface area contributed by atoms with Crippen molar-refractivity contribution in [2.45, 2.75) is 46.1 Å². The molecule has 0 aromatic carbocycles. The van der Waals surface area contributed by atoms with Crippen molar-refractivity contribution in [1.29, 1.82) is 5.26 Å².